The molecule has 1 aliphatic carbocycles. The lowest BCUT2D eigenvalue weighted by atomic mass is 9.68. The zero-order valence-electron chi connectivity index (χ0n) is 20.0. The van der Waals surface area contributed by atoms with Crippen molar-refractivity contribution in [3.8, 4) is 5.75 Å². The summed E-state index contributed by atoms with van der Waals surface area (Å²) in [6.45, 7) is 6.03. The van der Waals surface area contributed by atoms with E-state index in [1.165, 1.54) is 8.61 Å². The quantitative estimate of drug-likeness (QED) is 0.648. The van der Waals surface area contributed by atoms with E-state index < -0.39 is 15.6 Å². The second kappa shape index (κ2) is 9.90. The van der Waals surface area contributed by atoms with Crippen LogP contribution in [0.15, 0.2) is 24.3 Å². The number of nitrogens with zero attached hydrogens (tertiary/aromatic N) is 3. The molecule has 1 aromatic carbocycles. The summed E-state index contributed by atoms with van der Waals surface area (Å²) in [7, 11) is -1.92. The molecular formula is C24H37N3O5S. The first-order chi connectivity index (χ1) is 15.8. The molecule has 0 spiro atoms. The van der Waals surface area contributed by atoms with Crippen LogP contribution in [0.3, 0.4) is 0 Å². The summed E-state index contributed by atoms with van der Waals surface area (Å²) < 4.78 is 40.5. The number of ether oxygens (including phenoxy) is 2. The Morgan fingerprint density at radius 3 is 2.06 bits per heavy atom. The van der Waals surface area contributed by atoms with Crippen molar-refractivity contribution < 1.29 is 22.7 Å². The molecule has 3 aliphatic rings. The highest BCUT2D eigenvalue weighted by atomic mass is 32.2. The highest BCUT2D eigenvalue weighted by molar-refractivity contribution is 7.86. The highest BCUT2D eigenvalue weighted by Gasteiger charge is 2.45. The third kappa shape index (κ3) is 4.92. The largest absolute Gasteiger partial charge is 0.497 e. The molecular weight excluding hydrogens is 442 g/mol. The van der Waals surface area contributed by atoms with Crippen LogP contribution in [-0.4, -0.2) is 86.4 Å². The van der Waals surface area contributed by atoms with Crippen molar-refractivity contribution in [1.29, 1.82) is 0 Å². The fraction of sp³-hybridized carbons (Fsp3) is 0.708. The minimum absolute atomic E-state index is 0.123. The van der Waals surface area contributed by atoms with Gasteiger partial charge in [0.25, 0.3) is 10.2 Å². The maximum absolute atomic E-state index is 13.9. The average Bonchev–Trinajstić information content (AvgIpc) is 2.83. The van der Waals surface area contributed by atoms with Crippen LogP contribution in [0.5, 0.6) is 5.75 Å². The van der Waals surface area contributed by atoms with Gasteiger partial charge < -0.3 is 14.4 Å². The van der Waals surface area contributed by atoms with Crippen molar-refractivity contribution in [2.45, 2.75) is 63.6 Å². The van der Waals surface area contributed by atoms with Gasteiger partial charge >= 0.3 is 0 Å². The van der Waals surface area contributed by atoms with Gasteiger partial charge in [0, 0.05) is 39.3 Å². The summed E-state index contributed by atoms with van der Waals surface area (Å²) in [5.74, 6) is 0.917. The van der Waals surface area contributed by atoms with Crippen molar-refractivity contribution in [1.82, 2.24) is 13.5 Å². The SMILES string of the molecule is COc1ccc(C2(C(=O)N3CCN(S(=O)(=O)N4CC(C)OC(C)C4)CC3)CCCCC2)cc1. The molecule has 33 heavy (non-hydrogen) atoms. The topological polar surface area (TPSA) is 79.4 Å². The maximum Gasteiger partial charge on any atom is 0.282 e. The van der Waals surface area contributed by atoms with E-state index in [0.717, 1.165) is 43.4 Å². The average molecular weight is 480 g/mol. The van der Waals surface area contributed by atoms with Gasteiger partial charge in [0.05, 0.1) is 24.7 Å². The fourth-order valence-electron chi connectivity index (χ4n) is 5.60. The lowest BCUT2D eigenvalue weighted by Crippen LogP contribution is -2.59. The molecule has 9 heteroatoms. The van der Waals surface area contributed by atoms with Gasteiger partial charge in [-0.2, -0.15) is 17.0 Å². The Morgan fingerprint density at radius 1 is 0.939 bits per heavy atom. The van der Waals surface area contributed by atoms with E-state index >= 15 is 0 Å². The van der Waals surface area contributed by atoms with Crippen molar-refractivity contribution in [3.05, 3.63) is 29.8 Å². The number of piperazine rings is 1. The van der Waals surface area contributed by atoms with Crippen molar-refractivity contribution in [3.63, 3.8) is 0 Å². The summed E-state index contributed by atoms with van der Waals surface area (Å²) >= 11 is 0. The summed E-state index contributed by atoms with van der Waals surface area (Å²) in [6.07, 6.45) is 4.62. The van der Waals surface area contributed by atoms with Crippen LogP contribution in [0.25, 0.3) is 0 Å². The van der Waals surface area contributed by atoms with Crippen LogP contribution < -0.4 is 4.74 Å². The second-order valence-corrected chi connectivity index (χ2v) is 11.6. The number of hydrogen-bond donors (Lipinski definition) is 0. The molecule has 0 radical (unpaired) electrons. The molecule has 2 saturated heterocycles. The van der Waals surface area contributed by atoms with Crippen LogP contribution in [-0.2, 0) is 25.2 Å². The van der Waals surface area contributed by atoms with Gasteiger partial charge in [0.2, 0.25) is 5.91 Å². The van der Waals surface area contributed by atoms with Crippen LogP contribution in [0.2, 0.25) is 0 Å². The van der Waals surface area contributed by atoms with Crippen LogP contribution in [0.1, 0.15) is 51.5 Å². The summed E-state index contributed by atoms with van der Waals surface area (Å²) in [5, 5.41) is 0. The van der Waals surface area contributed by atoms with Crippen LogP contribution in [0.4, 0.5) is 0 Å². The monoisotopic (exact) mass is 479 g/mol. The minimum Gasteiger partial charge on any atom is -0.497 e. The van der Waals surface area contributed by atoms with E-state index in [2.05, 4.69) is 0 Å². The normalized spacial score (nSPS) is 27.3. The minimum atomic E-state index is -3.57. The molecule has 2 heterocycles. The maximum atomic E-state index is 13.9. The summed E-state index contributed by atoms with van der Waals surface area (Å²) in [4.78, 5) is 15.8. The molecule has 2 atom stereocenters. The first-order valence-electron chi connectivity index (χ1n) is 12.1. The molecule has 3 fully saturated rings. The van der Waals surface area contributed by atoms with Crippen LogP contribution in [0, 0.1) is 0 Å². The summed E-state index contributed by atoms with van der Waals surface area (Å²) in [6, 6.07) is 7.88. The first kappa shape index (κ1) is 24.4. The number of benzene rings is 1. The number of rotatable bonds is 5. The molecule has 8 nitrogen and oxygen atoms in total. The van der Waals surface area contributed by atoms with Gasteiger partial charge in [-0.25, -0.2) is 0 Å². The smallest absolute Gasteiger partial charge is 0.282 e. The Kier molecular flexibility index (Phi) is 7.33. The molecule has 0 bridgehead atoms. The lowest BCUT2D eigenvalue weighted by molar-refractivity contribution is -0.140. The van der Waals surface area contributed by atoms with Gasteiger partial charge in [-0.15, -0.1) is 0 Å². The second-order valence-electron chi connectivity index (χ2n) is 9.64. The molecule has 184 valence electrons. The number of carbonyl (C=O) groups is 1. The molecule has 1 aromatic rings. The zero-order chi connectivity index (χ0) is 23.6. The lowest BCUT2D eigenvalue weighted by Gasteiger charge is -2.44. The Labute approximate surface area is 198 Å². The third-order valence-electron chi connectivity index (χ3n) is 7.32. The first-order valence-corrected chi connectivity index (χ1v) is 13.5. The molecule has 0 N–H and O–H groups in total. The summed E-state index contributed by atoms with van der Waals surface area (Å²) in [5.41, 5.74) is 0.514. The van der Waals surface area contributed by atoms with E-state index in [-0.39, 0.29) is 18.1 Å². The predicted octanol–water partition coefficient (Wildman–Crippen LogP) is 2.40. The number of hydrogen-bond acceptors (Lipinski definition) is 5. The van der Waals surface area contributed by atoms with Gasteiger partial charge in [0.15, 0.2) is 0 Å². The number of morpholine rings is 1. The number of amides is 1. The van der Waals surface area contributed by atoms with E-state index in [1.807, 2.05) is 43.0 Å². The molecule has 1 saturated carbocycles. The number of methoxy groups -OCH3 is 1. The molecule has 1 amide bonds. The predicted molar refractivity (Wildman–Crippen MR) is 126 cm³/mol. The zero-order valence-corrected chi connectivity index (χ0v) is 20.8. The standard InChI is InChI=1S/C24H37N3O5S/c1-19-17-27(18-20(2)32-19)33(29,30)26-15-13-25(14-16-26)23(28)24(11-5-4-6-12-24)21-7-9-22(31-3)10-8-21/h7-10,19-20H,4-6,11-18H2,1-3H3. The number of carbonyl (C=O) groups excluding carboxylic acids is 1. The third-order valence-corrected chi connectivity index (χ3v) is 9.29. The Hall–Kier alpha value is -1.68. The van der Waals surface area contributed by atoms with Crippen molar-refractivity contribution in [2.75, 3.05) is 46.4 Å². The van der Waals surface area contributed by atoms with E-state index in [4.69, 9.17) is 9.47 Å². The Morgan fingerprint density at radius 2 is 1.52 bits per heavy atom. The van der Waals surface area contributed by atoms with E-state index in [1.54, 1.807) is 7.11 Å². The Bertz CT molecular complexity index is 912. The van der Waals surface area contributed by atoms with Gasteiger partial charge in [0.1, 0.15) is 5.75 Å². The fourth-order valence-corrected chi connectivity index (χ4v) is 7.35. The van der Waals surface area contributed by atoms with Crippen molar-refractivity contribution in [2.24, 2.45) is 0 Å². The van der Waals surface area contributed by atoms with E-state index in [9.17, 15) is 13.2 Å². The Balaban J connectivity index is 1.47. The van der Waals surface area contributed by atoms with Gasteiger partial charge in [-0.3, -0.25) is 4.79 Å². The van der Waals surface area contributed by atoms with Gasteiger partial charge in [-0.05, 0) is 44.4 Å². The highest BCUT2D eigenvalue weighted by Crippen LogP contribution is 2.42. The van der Waals surface area contributed by atoms with Gasteiger partial charge in [-0.1, -0.05) is 31.4 Å². The molecule has 2 unspecified atom stereocenters. The molecule has 0 aromatic heterocycles. The van der Waals surface area contributed by atoms with Crippen LogP contribution >= 0.6 is 0 Å². The molecule has 2 aliphatic heterocycles. The van der Waals surface area contributed by atoms with Crippen molar-refractivity contribution >= 4 is 16.1 Å². The van der Waals surface area contributed by atoms with E-state index in [0.29, 0.717) is 39.3 Å². The molecule has 4 rings (SSSR count).